The number of rotatable bonds is 5. The van der Waals surface area contributed by atoms with Crippen LogP contribution >= 0.6 is 0 Å². The Morgan fingerprint density at radius 3 is 1.62 bits per heavy atom. The van der Waals surface area contributed by atoms with Crippen molar-refractivity contribution >= 4 is 0 Å². The van der Waals surface area contributed by atoms with Crippen LogP contribution in [0.15, 0.2) is 24.3 Å². The molecule has 24 heavy (non-hydrogen) atoms. The number of allylic oxidation sites excluding steroid dienone is 4. The lowest BCUT2D eigenvalue weighted by Gasteiger charge is -2.32. The molecular weight excluding hydrogens is 296 g/mol. The first kappa shape index (κ1) is 14.6. The highest BCUT2D eigenvalue weighted by Gasteiger charge is 2.54. The van der Waals surface area contributed by atoms with Crippen LogP contribution in [0.5, 0.6) is 0 Å². The molecule has 0 aromatic heterocycles. The first-order valence-electron chi connectivity index (χ1n) is 10.4. The first-order valence-corrected chi connectivity index (χ1v) is 10.4. The molecule has 2 nitrogen and oxygen atoms in total. The number of hydrogen-bond acceptors (Lipinski definition) is 2. The Kier molecular flexibility index (Phi) is 3.30. The van der Waals surface area contributed by atoms with Gasteiger partial charge in [0.2, 0.25) is 0 Å². The monoisotopic (exact) mass is 326 g/mol. The van der Waals surface area contributed by atoms with Crippen molar-refractivity contribution in [1.29, 1.82) is 0 Å². The van der Waals surface area contributed by atoms with Crippen molar-refractivity contribution in [2.45, 2.75) is 50.7 Å². The molecule has 0 N–H and O–H groups in total. The molecule has 0 amide bonds. The number of ether oxygens (including phenoxy) is 2. The van der Waals surface area contributed by atoms with E-state index in [1.54, 1.807) is 0 Å². The zero-order valence-corrected chi connectivity index (χ0v) is 14.6. The molecule has 130 valence electrons. The van der Waals surface area contributed by atoms with Crippen molar-refractivity contribution in [3.05, 3.63) is 24.3 Å². The van der Waals surface area contributed by atoms with Crippen LogP contribution in [0.1, 0.15) is 38.5 Å². The van der Waals surface area contributed by atoms with Crippen molar-refractivity contribution in [2.75, 3.05) is 13.2 Å². The Labute approximate surface area is 145 Å². The fraction of sp³-hybridized carbons (Fsp3) is 0.818. The van der Waals surface area contributed by atoms with Crippen molar-refractivity contribution in [2.24, 2.45) is 47.3 Å². The molecule has 10 atom stereocenters. The van der Waals surface area contributed by atoms with Crippen molar-refractivity contribution in [3.63, 3.8) is 0 Å². The minimum atomic E-state index is 0.518. The Morgan fingerprint density at radius 1 is 0.625 bits per heavy atom. The van der Waals surface area contributed by atoms with Gasteiger partial charge in [0, 0.05) is 0 Å². The van der Waals surface area contributed by atoms with Gasteiger partial charge in [-0.2, -0.15) is 0 Å². The molecule has 0 saturated heterocycles. The molecule has 0 radical (unpaired) electrons. The van der Waals surface area contributed by atoms with Crippen LogP contribution in [-0.4, -0.2) is 25.4 Å². The average molecular weight is 326 g/mol. The van der Waals surface area contributed by atoms with Gasteiger partial charge in [-0.05, 0) is 85.9 Å². The van der Waals surface area contributed by atoms with Gasteiger partial charge in [0.15, 0.2) is 0 Å². The molecule has 4 bridgehead atoms. The van der Waals surface area contributed by atoms with E-state index in [4.69, 9.17) is 9.47 Å². The highest BCUT2D eigenvalue weighted by molar-refractivity contribution is 5.15. The van der Waals surface area contributed by atoms with E-state index in [2.05, 4.69) is 24.3 Å². The van der Waals surface area contributed by atoms with Gasteiger partial charge in [0.05, 0.1) is 25.4 Å². The molecule has 6 aliphatic carbocycles. The van der Waals surface area contributed by atoms with Crippen molar-refractivity contribution < 1.29 is 9.47 Å². The predicted molar refractivity (Wildman–Crippen MR) is 93.4 cm³/mol. The summed E-state index contributed by atoms with van der Waals surface area (Å²) in [5.74, 6) is 7.11. The van der Waals surface area contributed by atoms with E-state index < -0.39 is 0 Å². The van der Waals surface area contributed by atoms with Crippen LogP contribution in [0.2, 0.25) is 0 Å². The van der Waals surface area contributed by atoms with Crippen molar-refractivity contribution in [3.8, 4) is 0 Å². The van der Waals surface area contributed by atoms with Gasteiger partial charge in [-0.25, -0.2) is 0 Å². The topological polar surface area (TPSA) is 18.5 Å². The Morgan fingerprint density at radius 2 is 1.12 bits per heavy atom. The zero-order chi connectivity index (χ0) is 15.7. The summed E-state index contributed by atoms with van der Waals surface area (Å²) < 4.78 is 12.6. The Bertz CT molecular complexity index is 516. The quantitative estimate of drug-likeness (QED) is 0.556. The van der Waals surface area contributed by atoms with Gasteiger partial charge in [-0.1, -0.05) is 24.3 Å². The molecule has 0 aromatic carbocycles. The molecule has 4 fully saturated rings. The normalized spacial score (nSPS) is 55.7. The van der Waals surface area contributed by atoms with Crippen LogP contribution in [-0.2, 0) is 9.47 Å². The zero-order valence-electron chi connectivity index (χ0n) is 14.6. The van der Waals surface area contributed by atoms with E-state index >= 15 is 0 Å². The summed E-state index contributed by atoms with van der Waals surface area (Å²) in [6, 6.07) is 0. The SMILES string of the molecule is C1=C[C@H]2[C@H](C1)[C@H]1C[C@H]2[C@H](OCCO[C@@H]2C[C@H]3C[C@H]2[C@H]2C=CC[C@@H]32)C1. The maximum atomic E-state index is 6.30. The third-order valence-electron chi connectivity index (χ3n) is 8.64. The van der Waals surface area contributed by atoms with E-state index in [0.29, 0.717) is 12.2 Å². The fourth-order valence-corrected chi connectivity index (χ4v) is 7.75. The van der Waals surface area contributed by atoms with Crippen LogP contribution < -0.4 is 0 Å². The smallest absolute Gasteiger partial charge is 0.0704 e. The van der Waals surface area contributed by atoms with E-state index in [1.165, 1.54) is 38.5 Å². The number of fused-ring (bicyclic) bond motifs is 10. The molecule has 6 aliphatic rings. The van der Waals surface area contributed by atoms with Crippen LogP contribution in [0.4, 0.5) is 0 Å². The highest BCUT2D eigenvalue weighted by Crippen LogP contribution is 2.58. The number of hydrogen-bond donors (Lipinski definition) is 0. The second kappa shape index (κ2) is 5.45. The summed E-state index contributed by atoms with van der Waals surface area (Å²) >= 11 is 0. The van der Waals surface area contributed by atoms with Crippen LogP contribution in [0.25, 0.3) is 0 Å². The Hall–Kier alpha value is -0.600. The maximum absolute atomic E-state index is 6.30. The summed E-state index contributed by atoms with van der Waals surface area (Å²) in [7, 11) is 0. The van der Waals surface area contributed by atoms with E-state index in [9.17, 15) is 0 Å². The fourth-order valence-electron chi connectivity index (χ4n) is 7.75. The lowest BCUT2D eigenvalue weighted by molar-refractivity contribution is -0.0642. The van der Waals surface area contributed by atoms with Gasteiger partial charge in [-0.15, -0.1) is 0 Å². The van der Waals surface area contributed by atoms with E-state index in [1.807, 2.05) is 0 Å². The van der Waals surface area contributed by atoms with Gasteiger partial charge in [0.25, 0.3) is 0 Å². The summed E-state index contributed by atoms with van der Waals surface area (Å²) in [5, 5.41) is 0. The summed E-state index contributed by atoms with van der Waals surface area (Å²) in [4.78, 5) is 0. The summed E-state index contributed by atoms with van der Waals surface area (Å²) in [5.41, 5.74) is 0. The maximum Gasteiger partial charge on any atom is 0.0704 e. The predicted octanol–water partition coefficient (Wildman–Crippen LogP) is 4.22. The molecule has 4 saturated carbocycles. The Balaban J connectivity index is 0.986. The molecule has 0 spiro atoms. The van der Waals surface area contributed by atoms with E-state index in [-0.39, 0.29) is 0 Å². The molecular formula is C22H30O2. The average Bonchev–Trinajstić information content (AvgIpc) is 3.40. The largest absolute Gasteiger partial charge is 0.376 e. The summed E-state index contributed by atoms with van der Waals surface area (Å²) in [6.07, 6.45) is 19.0. The second-order valence-corrected chi connectivity index (χ2v) is 9.42. The highest BCUT2D eigenvalue weighted by atomic mass is 16.5. The first-order chi connectivity index (χ1) is 11.9. The van der Waals surface area contributed by atoms with Gasteiger partial charge < -0.3 is 9.47 Å². The minimum Gasteiger partial charge on any atom is -0.376 e. The molecule has 2 heteroatoms. The molecule has 0 unspecified atom stereocenters. The molecule has 6 rings (SSSR count). The third-order valence-corrected chi connectivity index (χ3v) is 8.64. The van der Waals surface area contributed by atoms with Gasteiger partial charge >= 0.3 is 0 Å². The third kappa shape index (κ3) is 2.02. The molecule has 0 aliphatic heterocycles. The van der Waals surface area contributed by atoms with Crippen LogP contribution in [0.3, 0.4) is 0 Å². The molecule has 0 heterocycles. The minimum absolute atomic E-state index is 0.518. The standard InChI is InChI=1S/C22H30O2/c1-3-15-13-9-19(17(15)5-1)21(11-13)23-7-8-24-22-12-14-10-20(22)18-6-2-4-16(14)18/h1-2,5-6,13-22H,3-4,7-12H2/t13-,14+,15+,16-,17-,18-,19+,20-,21+,22+/m0/s1. The lowest BCUT2D eigenvalue weighted by Crippen LogP contribution is -2.33. The van der Waals surface area contributed by atoms with Crippen molar-refractivity contribution in [1.82, 2.24) is 0 Å². The lowest BCUT2D eigenvalue weighted by atomic mass is 9.80. The van der Waals surface area contributed by atoms with Gasteiger partial charge in [0.1, 0.15) is 0 Å². The summed E-state index contributed by atoms with van der Waals surface area (Å²) in [6.45, 7) is 1.62. The second-order valence-electron chi connectivity index (χ2n) is 9.42. The van der Waals surface area contributed by atoms with E-state index in [0.717, 1.165) is 60.6 Å². The van der Waals surface area contributed by atoms with Crippen LogP contribution in [0, 0.1) is 47.3 Å². The van der Waals surface area contributed by atoms with Gasteiger partial charge in [-0.3, -0.25) is 0 Å². The molecule has 0 aromatic rings.